The third-order valence-electron chi connectivity index (χ3n) is 9.01. The highest BCUT2D eigenvalue weighted by Gasteiger charge is 2.65. The SMILES string of the molecule is C=C(/C=C\C=C/C)[C@]12CC3CC(C(=O)NC4CCNCC4(C)C)(C[C@](CCCl)(C3)C1)C2. The second-order valence-electron chi connectivity index (χ2n) is 11.9. The van der Waals surface area contributed by atoms with Crippen molar-refractivity contribution in [3.05, 3.63) is 36.5 Å². The molecule has 1 heterocycles. The highest BCUT2D eigenvalue weighted by Crippen LogP contribution is 2.72. The molecule has 5 aliphatic rings. The normalized spacial score (nSPS) is 41.2. The molecule has 4 heteroatoms. The molecule has 31 heavy (non-hydrogen) atoms. The van der Waals surface area contributed by atoms with Gasteiger partial charge in [-0.25, -0.2) is 0 Å². The van der Waals surface area contributed by atoms with E-state index in [0.717, 1.165) is 51.6 Å². The fraction of sp³-hybridized carbons (Fsp3) is 0.741. The minimum absolute atomic E-state index is 0.0462. The lowest BCUT2D eigenvalue weighted by Gasteiger charge is -2.66. The first-order valence-corrected chi connectivity index (χ1v) is 12.8. The van der Waals surface area contributed by atoms with Gasteiger partial charge in [-0.3, -0.25) is 4.79 Å². The molecule has 5 atom stereocenters. The van der Waals surface area contributed by atoms with Crippen molar-refractivity contribution in [2.24, 2.45) is 27.6 Å². The predicted molar refractivity (Wildman–Crippen MR) is 130 cm³/mol. The highest BCUT2D eigenvalue weighted by atomic mass is 35.5. The molecule has 172 valence electrons. The molecule has 0 aromatic carbocycles. The molecule has 1 aliphatic heterocycles. The summed E-state index contributed by atoms with van der Waals surface area (Å²) in [5.74, 6) is 1.60. The average molecular weight is 445 g/mol. The Kier molecular flexibility index (Phi) is 6.24. The molecule has 0 radical (unpaired) electrons. The van der Waals surface area contributed by atoms with Crippen molar-refractivity contribution in [1.29, 1.82) is 0 Å². The van der Waals surface area contributed by atoms with Gasteiger partial charge in [-0.1, -0.05) is 44.7 Å². The van der Waals surface area contributed by atoms with Crippen LogP contribution in [0.2, 0.25) is 0 Å². The van der Waals surface area contributed by atoms with Crippen molar-refractivity contribution in [2.75, 3.05) is 19.0 Å². The summed E-state index contributed by atoms with van der Waals surface area (Å²) in [6.45, 7) is 13.1. The Hall–Kier alpha value is -1.06. The Bertz CT molecular complexity index is 786. The number of halogens is 1. The molecule has 1 saturated heterocycles. The number of piperidine rings is 1. The smallest absolute Gasteiger partial charge is 0.226 e. The van der Waals surface area contributed by atoms with Crippen LogP contribution < -0.4 is 10.6 Å². The first-order valence-electron chi connectivity index (χ1n) is 12.2. The minimum Gasteiger partial charge on any atom is -0.352 e. The third-order valence-corrected chi connectivity index (χ3v) is 9.20. The number of hydrogen-bond donors (Lipinski definition) is 2. The summed E-state index contributed by atoms with van der Waals surface area (Å²) < 4.78 is 0. The molecule has 2 N–H and O–H groups in total. The lowest BCUT2D eigenvalue weighted by molar-refractivity contribution is -0.171. The Balaban J connectivity index is 1.64. The van der Waals surface area contributed by atoms with E-state index in [4.69, 9.17) is 11.6 Å². The maximum atomic E-state index is 14.0. The summed E-state index contributed by atoms with van der Waals surface area (Å²) in [5.41, 5.74) is 1.28. The molecule has 0 spiro atoms. The van der Waals surface area contributed by atoms with Crippen molar-refractivity contribution < 1.29 is 4.79 Å². The number of carbonyl (C=O) groups excluding carboxylic acids is 1. The summed E-state index contributed by atoms with van der Waals surface area (Å²) >= 11 is 6.33. The highest BCUT2D eigenvalue weighted by molar-refractivity contribution is 6.17. The fourth-order valence-corrected chi connectivity index (χ4v) is 8.34. The maximum Gasteiger partial charge on any atom is 0.226 e. The van der Waals surface area contributed by atoms with Crippen LogP contribution in [0.1, 0.15) is 72.1 Å². The zero-order valence-corrected chi connectivity index (χ0v) is 20.5. The molecule has 4 bridgehead atoms. The van der Waals surface area contributed by atoms with Crippen molar-refractivity contribution in [3.8, 4) is 0 Å². The molecule has 3 unspecified atom stereocenters. The fourth-order valence-electron chi connectivity index (χ4n) is 7.94. The molecular weight excluding hydrogens is 404 g/mol. The van der Waals surface area contributed by atoms with Gasteiger partial charge in [-0.2, -0.15) is 0 Å². The second kappa shape index (κ2) is 8.37. The van der Waals surface area contributed by atoms with E-state index in [1.165, 1.54) is 18.4 Å². The van der Waals surface area contributed by atoms with Gasteiger partial charge in [0.05, 0.1) is 5.41 Å². The largest absolute Gasteiger partial charge is 0.352 e. The standard InChI is InChI=1S/C27H41ClN2O/c1-5-6-7-8-20(2)26-14-21-13-25(16-26,10-11-28)17-27(15-21,18-26)23(31)30-22-9-12-29-19-24(22,3)4/h5-8,21-22,29H,2,9-19H2,1,3-4H3,(H,30,31)/b6-5-,8-7-/t21?,22?,25-,26-,27?/m1/s1. The van der Waals surface area contributed by atoms with Crippen molar-refractivity contribution in [2.45, 2.75) is 78.2 Å². The van der Waals surface area contributed by atoms with Gasteiger partial charge in [0.25, 0.3) is 0 Å². The maximum absolute atomic E-state index is 14.0. The van der Waals surface area contributed by atoms with Gasteiger partial charge in [0.15, 0.2) is 0 Å². The molecular formula is C27H41ClN2O. The second-order valence-corrected chi connectivity index (χ2v) is 12.3. The first-order chi connectivity index (χ1) is 14.7. The van der Waals surface area contributed by atoms with E-state index < -0.39 is 0 Å². The molecule has 5 rings (SSSR count). The summed E-state index contributed by atoms with van der Waals surface area (Å²) in [4.78, 5) is 14.0. The molecule has 4 aliphatic carbocycles. The van der Waals surface area contributed by atoms with E-state index >= 15 is 0 Å². The van der Waals surface area contributed by atoms with Gasteiger partial charge in [0, 0.05) is 18.5 Å². The summed E-state index contributed by atoms with van der Waals surface area (Å²) in [6, 6.07) is 0.243. The number of rotatable bonds is 7. The summed E-state index contributed by atoms with van der Waals surface area (Å²) in [7, 11) is 0. The van der Waals surface area contributed by atoms with Gasteiger partial charge in [-0.05, 0) is 92.6 Å². The Labute approximate surface area is 194 Å². The summed E-state index contributed by atoms with van der Waals surface area (Å²) in [5, 5.41) is 7.05. The quantitative estimate of drug-likeness (QED) is 0.387. The monoisotopic (exact) mass is 444 g/mol. The number of allylic oxidation sites excluding steroid dienone is 5. The zero-order chi connectivity index (χ0) is 22.3. The Morgan fingerprint density at radius 3 is 2.61 bits per heavy atom. The number of nitrogens with one attached hydrogen (secondary N) is 2. The Morgan fingerprint density at radius 1 is 1.16 bits per heavy atom. The first kappa shape index (κ1) is 23.1. The molecule has 4 saturated carbocycles. The van der Waals surface area contributed by atoms with Crippen LogP contribution in [0.5, 0.6) is 0 Å². The van der Waals surface area contributed by atoms with E-state index in [1.807, 2.05) is 13.0 Å². The molecule has 0 aromatic rings. The molecule has 5 fully saturated rings. The van der Waals surface area contributed by atoms with E-state index in [-0.39, 0.29) is 27.7 Å². The van der Waals surface area contributed by atoms with Crippen LogP contribution in [0.3, 0.4) is 0 Å². The molecule has 3 nitrogen and oxygen atoms in total. The van der Waals surface area contributed by atoms with E-state index in [1.54, 1.807) is 0 Å². The van der Waals surface area contributed by atoms with Crippen LogP contribution in [0.25, 0.3) is 0 Å². The minimum atomic E-state index is -0.260. The van der Waals surface area contributed by atoms with Crippen LogP contribution in [0.4, 0.5) is 0 Å². The molecule has 1 amide bonds. The number of carbonyl (C=O) groups is 1. The lowest BCUT2D eigenvalue weighted by atomic mass is 9.37. The zero-order valence-electron chi connectivity index (χ0n) is 19.7. The van der Waals surface area contributed by atoms with Gasteiger partial charge in [0.1, 0.15) is 0 Å². The van der Waals surface area contributed by atoms with Crippen molar-refractivity contribution in [3.63, 3.8) is 0 Å². The Morgan fingerprint density at radius 2 is 1.90 bits per heavy atom. The van der Waals surface area contributed by atoms with Crippen LogP contribution in [-0.4, -0.2) is 30.9 Å². The van der Waals surface area contributed by atoms with Crippen LogP contribution in [-0.2, 0) is 4.79 Å². The average Bonchev–Trinajstić information content (AvgIpc) is 2.68. The van der Waals surface area contributed by atoms with Gasteiger partial charge >= 0.3 is 0 Å². The third kappa shape index (κ3) is 4.17. The lowest BCUT2D eigenvalue weighted by Crippen LogP contribution is -2.64. The van der Waals surface area contributed by atoms with Crippen molar-refractivity contribution in [1.82, 2.24) is 10.6 Å². The summed E-state index contributed by atoms with van der Waals surface area (Å²) in [6.07, 6.45) is 17.0. The van der Waals surface area contributed by atoms with E-state index in [9.17, 15) is 4.79 Å². The van der Waals surface area contributed by atoms with Crippen LogP contribution in [0.15, 0.2) is 36.5 Å². The topological polar surface area (TPSA) is 41.1 Å². The van der Waals surface area contributed by atoms with Gasteiger partial charge in [0.2, 0.25) is 5.91 Å². The predicted octanol–water partition coefficient (Wildman–Crippen LogP) is 5.76. The number of hydrogen-bond acceptors (Lipinski definition) is 2. The van der Waals surface area contributed by atoms with Crippen molar-refractivity contribution >= 4 is 17.5 Å². The number of amides is 1. The van der Waals surface area contributed by atoms with Gasteiger partial charge < -0.3 is 10.6 Å². The number of alkyl halides is 1. The van der Waals surface area contributed by atoms with Crippen LogP contribution in [0, 0.1) is 27.6 Å². The van der Waals surface area contributed by atoms with Crippen LogP contribution >= 0.6 is 11.6 Å². The van der Waals surface area contributed by atoms with E-state index in [2.05, 4.69) is 49.3 Å². The van der Waals surface area contributed by atoms with E-state index in [0.29, 0.717) is 17.7 Å². The van der Waals surface area contributed by atoms with Gasteiger partial charge in [-0.15, -0.1) is 11.6 Å². The molecule has 0 aromatic heterocycles.